The highest BCUT2D eigenvalue weighted by molar-refractivity contribution is 6.05. The van der Waals surface area contributed by atoms with Crippen LogP contribution in [-0.4, -0.2) is 48.1 Å². The van der Waals surface area contributed by atoms with Crippen LogP contribution in [0, 0.1) is 0 Å². The van der Waals surface area contributed by atoms with E-state index in [4.69, 9.17) is 15.6 Å². The molecule has 7 heteroatoms. The molecule has 0 saturated carbocycles. The minimum Gasteiger partial charge on any atom is -0.480 e. The number of rotatable bonds is 5. The zero-order valence-corrected chi connectivity index (χ0v) is 8.64. The maximum atomic E-state index is 11.4. The molecule has 0 bridgehead atoms. The van der Waals surface area contributed by atoms with Gasteiger partial charge in [0.15, 0.2) is 11.9 Å². The summed E-state index contributed by atoms with van der Waals surface area (Å²) in [4.78, 5) is 32.8. The zero-order valence-electron chi connectivity index (χ0n) is 8.64. The first-order chi connectivity index (χ1) is 7.52. The number of carboxylic acid groups (broad SMARTS) is 1. The fourth-order valence-corrected chi connectivity index (χ4v) is 1.29. The first-order valence-corrected chi connectivity index (χ1v) is 4.93. The second kappa shape index (κ2) is 5.57. The first-order valence-electron chi connectivity index (χ1n) is 4.93. The van der Waals surface area contributed by atoms with Crippen molar-refractivity contribution < 1.29 is 24.2 Å². The minimum atomic E-state index is -1.12. The van der Waals surface area contributed by atoms with Gasteiger partial charge in [0, 0.05) is 13.0 Å². The van der Waals surface area contributed by atoms with E-state index in [1.54, 1.807) is 0 Å². The molecule has 1 aliphatic heterocycles. The van der Waals surface area contributed by atoms with Crippen LogP contribution in [0.4, 0.5) is 0 Å². The molecule has 1 rings (SSSR count). The van der Waals surface area contributed by atoms with Crippen molar-refractivity contribution in [2.75, 3.05) is 13.2 Å². The van der Waals surface area contributed by atoms with E-state index in [2.05, 4.69) is 5.32 Å². The molecular weight excluding hydrogens is 216 g/mol. The molecule has 1 saturated heterocycles. The normalized spacial score (nSPS) is 21.8. The van der Waals surface area contributed by atoms with Gasteiger partial charge >= 0.3 is 5.97 Å². The number of ether oxygens (including phenoxy) is 1. The molecule has 4 N–H and O–H groups in total. The van der Waals surface area contributed by atoms with Gasteiger partial charge in [-0.3, -0.25) is 14.4 Å². The number of aliphatic carboxylic acids is 1. The number of nitrogens with two attached hydrogens (primary N) is 1. The van der Waals surface area contributed by atoms with Crippen molar-refractivity contribution in [3.05, 3.63) is 0 Å². The molecule has 0 aliphatic carbocycles. The van der Waals surface area contributed by atoms with Gasteiger partial charge in [0.2, 0.25) is 0 Å². The summed E-state index contributed by atoms with van der Waals surface area (Å²) in [5, 5.41) is 10.9. The lowest BCUT2D eigenvalue weighted by Gasteiger charge is -2.10. The third-order valence-corrected chi connectivity index (χ3v) is 2.24. The predicted octanol–water partition coefficient (Wildman–Crippen LogP) is -1.74. The molecule has 0 spiro atoms. The topological polar surface area (TPSA) is 119 Å². The van der Waals surface area contributed by atoms with Crippen LogP contribution in [0.3, 0.4) is 0 Å². The van der Waals surface area contributed by atoms with Crippen LogP contribution in [0.15, 0.2) is 0 Å². The number of hydrogen-bond acceptors (Lipinski definition) is 5. The molecule has 1 aliphatic rings. The highest BCUT2D eigenvalue weighted by Crippen LogP contribution is 2.07. The van der Waals surface area contributed by atoms with Crippen molar-refractivity contribution in [1.29, 1.82) is 0 Å². The maximum Gasteiger partial charge on any atom is 0.320 e. The summed E-state index contributed by atoms with van der Waals surface area (Å²) < 4.78 is 4.92. The summed E-state index contributed by atoms with van der Waals surface area (Å²) in [5.74, 6) is -1.90. The lowest BCUT2D eigenvalue weighted by atomic mass is 10.2. The molecule has 0 radical (unpaired) electrons. The number of Topliss-reactive ketones (excluding diaryl/α,β-unsaturated/α-hetero) is 1. The SMILES string of the molecule is N[C@@H](CCNC(=O)[C@H]1OCCC1=O)C(=O)O. The Morgan fingerprint density at radius 3 is 2.81 bits per heavy atom. The van der Waals surface area contributed by atoms with E-state index < -0.39 is 24.0 Å². The van der Waals surface area contributed by atoms with E-state index in [0.717, 1.165) is 0 Å². The van der Waals surface area contributed by atoms with Crippen LogP contribution >= 0.6 is 0 Å². The van der Waals surface area contributed by atoms with Crippen molar-refractivity contribution in [3.8, 4) is 0 Å². The van der Waals surface area contributed by atoms with Crippen LogP contribution < -0.4 is 11.1 Å². The number of hydrogen-bond donors (Lipinski definition) is 3. The molecule has 90 valence electrons. The number of carboxylic acids is 1. The van der Waals surface area contributed by atoms with Crippen molar-refractivity contribution >= 4 is 17.7 Å². The highest BCUT2D eigenvalue weighted by Gasteiger charge is 2.31. The summed E-state index contributed by atoms with van der Waals surface area (Å²) in [6.45, 7) is 0.366. The van der Waals surface area contributed by atoms with Crippen LogP contribution in [0.2, 0.25) is 0 Å². The maximum absolute atomic E-state index is 11.4. The summed E-state index contributed by atoms with van der Waals surface area (Å²) in [7, 11) is 0. The van der Waals surface area contributed by atoms with E-state index in [-0.39, 0.29) is 31.8 Å². The quantitative estimate of drug-likeness (QED) is 0.482. The molecular formula is C9H14N2O5. The molecule has 1 amide bonds. The van der Waals surface area contributed by atoms with Gasteiger partial charge in [-0.1, -0.05) is 0 Å². The van der Waals surface area contributed by atoms with Gasteiger partial charge in [0.25, 0.3) is 5.91 Å². The highest BCUT2D eigenvalue weighted by atomic mass is 16.5. The van der Waals surface area contributed by atoms with E-state index in [0.29, 0.717) is 0 Å². The predicted molar refractivity (Wildman–Crippen MR) is 52.6 cm³/mol. The summed E-state index contributed by atoms with van der Waals surface area (Å²) in [6.07, 6.45) is -0.685. The monoisotopic (exact) mass is 230 g/mol. The lowest BCUT2D eigenvalue weighted by Crippen LogP contribution is -2.41. The van der Waals surface area contributed by atoms with Crippen molar-refractivity contribution in [3.63, 3.8) is 0 Å². The zero-order chi connectivity index (χ0) is 12.1. The Morgan fingerprint density at radius 2 is 2.31 bits per heavy atom. The van der Waals surface area contributed by atoms with Crippen molar-refractivity contribution in [2.24, 2.45) is 5.73 Å². The largest absolute Gasteiger partial charge is 0.480 e. The second-order valence-corrected chi connectivity index (χ2v) is 3.49. The molecule has 0 aromatic rings. The van der Waals surface area contributed by atoms with Gasteiger partial charge in [-0.2, -0.15) is 0 Å². The summed E-state index contributed by atoms with van der Waals surface area (Å²) in [5.41, 5.74) is 5.23. The van der Waals surface area contributed by atoms with Crippen molar-refractivity contribution in [1.82, 2.24) is 5.32 Å². The number of carbonyl (C=O) groups is 3. The number of carbonyl (C=O) groups excluding carboxylic acids is 2. The van der Waals surface area contributed by atoms with E-state index in [9.17, 15) is 14.4 Å². The summed E-state index contributed by atoms with van der Waals surface area (Å²) >= 11 is 0. The Balaban J connectivity index is 2.25. The summed E-state index contributed by atoms with van der Waals surface area (Å²) in [6, 6.07) is -1.01. The molecule has 1 fully saturated rings. The number of ketones is 1. The van der Waals surface area contributed by atoms with Gasteiger partial charge < -0.3 is 20.9 Å². The smallest absolute Gasteiger partial charge is 0.320 e. The molecule has 7 nitrogen and oxygen atoms in total. The van der Waals surface area contributed by atoms with Crippen LogP contribution in [0.25, 0.3) is 0 Å². The molecule has 0 unspecified atom stereocenters. The number of nitrogens with one attached hydrogen (secondary N) is 1. The van der Waals surface area contributed by atoms with E-state index >= 15 is 0 Å². The molecule has 0 aromatic carbocycles. The van der Waals surface area contributed by atoms with Gasteiger partial charge in [-0.25, -0.2) is 0 Å². The second-order valence-electron chi connectivity index (χ2n) is 3.49. The molecule has 2 atom stereocenters. The third kappa shape index (κ3) is 3.28. The Bertz CT molecular complexity index is 304. The Kier molecular flexibility index (Phi) is 4.39. The van der Waals surface area contributed by atoms with Crippen LogP contribution in [-0.2, 0) is 19.1 Å². The van der Waals surface area contributed by atoms with Gasteiger partial charge in [-0.15, -0.1) is 0 Å². The minimum absolute atomic E-state index is 0.111. The van der Waals surface area contributed by atoms with E-state index in [1.807, 2.05) is 0 Å². The average Bonchev–Trinajstić information content (AvgIpc) is 2.64. The van der Waals surface area contributed by atoms with Crippen LogP contribution in [0.1, 0.15) is 12.8 Å². The molecule has 0 aromatic heterocycles. The third-order valence-electron chi connectivity index (χ3n) is 2.24. The fourth-order valence-electron chi connectivity index (χ4n) is 1.29. The first kappa shape index (κ1) is 12.6. The van der Waals surface area contributed by atoms with Crippen molar-refractivity contribution in [2.45, 2.75) is 25.0 Å². The Labute approximate surface area is 91.9 Å². The Hall–Kier alpha value is -1.47. The molecule has 1 heterocycles. The van der Waals surface area contributed by atoms with Gasteiger partial charge in [-0.05, 0) is 6.42 Å². The van der Waals surface area contributed by atoms with Gasteiger partial charge in [0.1, 0.15) is 6.04 Å². The lowest BCUT2D eigenvalue weighted by molar-refractivity contribution is -0.140. The molecule has 16 heavy (non-hydrogen) atoms. The van der Waals surface area contributed by atoms with Crippen LogP contribution in [0.5, 0.6) is 0 Å². The Morgan fingerprint density at radius 1 is 1.62 bits per heavy atom. The van der Waals surface area contributed by atoms with E-state index in [1.165, 1.54) is 0 Å². The standard InChI is InChI=1S/C9H14N2O5/c10-5(9(14)15)1-3-11-8(13)7-6(12)2-4-16-7/h5,7H,1-4,10H2,(H,11,13)(H,14,15)/t5-,7-/m0/s1. The number of amides is 1. The average molecular weight is 230 g/mol. The fraction of sp³-hybridized carbons (Fsp3) is 0.667. The van der Waals surface area contributed by atoms with Gasteiger partial charge in [0.05, 0.1) is 6.61 Å².